The number of aliphatic carboxylic acids is 1. The Bertz CT molecular complexity index is 228. The summed E-state index contributed by atoms with van der Waals surface area (Å²) in [4.78, 5) is 8.90. The van der Waals surface area contributed by atoms with Crippen LogP contribution in [0, 0.1) is 0 Å². The Morgan fingerprint density at radius 3 is 1.69 bits per heavy atom. The molecule has 1 aliphatic rings. The second kappa shape index (κ2) is 5.42. The molecule has 8 heteroatoms. The fourth-order valence-electron chi connectivity index (χ4n) is 1.02. The summed E-state index contributed by atoms with van der Waals surface area (Å²) >= 11 is 0. The predicted molar refractivity (Wildman–Crippen MR) is 43.1 cm³/mol. The van der Waals surface area contributed by atoms with Gasteiger partial charge >= 0.3 is 12.1 Å². The lowest BCUT2D eigenvalue weighted by Gasteiger charge is -2.24. The van der Waals surface area contributed by atoms with Crippen LogP contribution in [0.2, 0.25) is 0 Å². The number of aliphatic hydroxyl groups is 1. The number of carbonyl (C=O) groups is 1. The van der Waals surface area contributed by atoms with Gasteiger partial charge in [-0.25, -0.2) is 13.6 Å². The third-order valence-corrected chi connectivity index (χ3v) is 1.93. The number of carboxylic acid groups (broad SMARTS) is 1. The van der Waals surface area contributed by atoms with Crippen molar-refractivity contribution in [2.45, 2.75) is 43.9 Å². The second-order valence-electron chi connectivity index (χ2n) is 3.39. The molecule has 0 aromatic rings. The fraction of sp³-hybridized carbons (Fsp3) is 0.875. The van der Waals surface area contributed by atoms with Crippen LogP contribution < -0.4 is 0 Å². The molecule has 0 saturated heterocycles. The lowest BCUT2D eigenvalue weighted by molar-refractivity contribution is -0.192. The van der Waals surface area contributed by atoms with Gasteiger partial charge < -0.3 is 10.2 Å². The summed E-state index contributed by atoms with van der Waals surface area (Å²) < 4.78 is 56.3. The average Bonchev–Trinajstić information content (AvgIpc) is 2.10. The highest BCUT2D eigenvalue weighted by Crippen LogP contribution is 2.32. The first-order valence-electron chi connectivity index (χ1n) is 4.40. The van der Waals surface area contributed by atoms with Crippen molar-refractivity contribution < 1.29 is 37.0 Å². The van der Waals surface area contributed by atoms with Crippen molar-refractivity contribution in [3.63, 3.8) is 0 Å². The molecule has 0 amide bonds. The van der Waals surface area contributed by atoms with E-state index in [1.807, 2.05) is 0 Å². The molecule has 96 valence electrons. The predicted octanol–water partition coefficient (Wildman–Crippen LogP) is 2.19. The zero-order valence-corrected chi connectivity index (χ0v) is 8.10. The zero-order valence-electron chi connectivity index (χ0n) is 8.10. The summed E-state index contributed by atoms with van der Waals surface area (Å²) in [7, 11) is 0. The van der Waals surface area contributed by atoms with E-state index in [2.05, 4.69) is 0 Å². The molecule has 2 N–H and O–H groups in total. The van der Waals surface area contributed by atoms with Crippen molar-refractivity contribution in [3.05, 3.63) is 0 Å². The quantitative estimate of drug-likeness (QED) is 0.648. The van der Waals surface area contributed by atoms with Crippen molar-refractivity contribution >= 4 is 5.97 Å². The maximum absolute atomic E-state index is 12.3. The van der Waals surface area contributed by atoms with Crippen molar-refractivity contribution in [2.24, 2.45) is 0 Å². The van der Waals surface area contributed by atoms with Gasteiger partial charge in [-0.1, -0.05) is 0 Å². The molecule has 3 nitrogen and oxygen atoms in total. The van der Waals surface area contributed by atoms with Gasteiger partial charge in [0.05, 0.1) is 6.10 Å². The summed E-state index contributed by atoms with van der Waals surface area (Å²) in [5, 5.41) is 15.9. The summed E-state index contributed by atoms with van der Waals surface area (Å²) in [6, 6.07) is 0. The molecule has 0 aromatic heterocycles. The van der Waals surface area contributed by atoms with E-state index in [9.17, 15) is 22.0 Å². The SMILES string of the molecule is O=C(O)C(F)(F)F.OC1CCC(F)(F)CC1. The summed E-state index contributed by atoms with van der Waals surface area (Å²) in [5.74, 6) is -5.26. The van der Waals surface area contributed by atoms with Gasteiger partial charge in [-0.15, -0.1) is 0 Å². The third-order valence-electron chi connectivity index (χ3n) is 1.93. The van der Waals surface area contributed by atoms with Gasteiger partial charge in [-0.2, -0.15) is 13.2 Å². The number of alkyl halides is 5. The molecule has 1 saturated carbocycles. The number of aliphatic hydroxyl groups excluding tert-OH is 1. The zero-order chi connectivity index (χ0) is 13.0. The minimum atomic E-state index is -5.08. The largest absolute Gasteiger partial charge is 0.490 e. The van der Waals surface area contributed by atoms with Gasteiger partial charge in [0.25, 0.3) is 0 Å². The molecule has 1 fully saturated rings. The molecule has 0 spiro atoms. The van der Waals surface area contributed by atoms with Crippen LogP contribution in [0.3, 0.4) is 0 Å². The molecule has 0 aromatic carbocycles. The first-order chi connectivity index (χ1) is 7.04. The molecule has 0 atom stereocenters. The van der Waals surface area contributed by atoms with Crippen LogP contribution in [0.15, 0.2) is 0 Å². The molecule has 0 heterocycles. The van der Waals surface area contributed by atoms with E-state index < -0.39 is 24.2 Å². The van der Waals surface area contributed by atoms with E-state index in [-0.39, 0.29) is 25.7 Å². The van der Waals surface area contributed by atoms with E-state index in [1.165, 1.54) is 0 Å². The van der Waals surface area contributed by atoms with Gasteiger partial charge in [-0.3, -0.25) is 0 Å². The molecule has 0 unspecified atom stereocenters. The summed E-state index contributed by atoms with van der Waals surface area (Å²) in [5.41, 5.74) is 0. The number of carboxylic acids is 1. The minimum Gasteiger partial charge on any atom is -0.475 e. The molecule has 1 aliphatic carbocycles. The lowest BCUT2D eigenvalue weighted by atomic mass is 9.94. The highest BCUT2D eigenvalue weighted by atomic mass is 19.4. The van der Waals surface area contributed by atoms with Crippen LogP contribution in [-0.4, -0.2) is 34.4 Å². The van der Waals surface area contributed by atoms with Crippen LogP contribution in [0.4, 0.5) is 22.0 Å². The maximum Gasteiger partial charge on any atom is 0.490 e. The van der Waals surface area contributed by atoms with E-state index in [0.717, 1.165) is 0 Å². The van der Waals surface area contributed by atoms with Crippen molar-refractivity contribution in [3.8, 4) is 0 Å². The Labute approximate surface area is 87.9 Å². The van der Waals surface area contributed by atoms with E-state index >= 15 is 0 Å². The first-order valence-corrected chi connectivity index (χ1v) is 4.40. The summed E-state index contributed by atoms with van der Waals surface area (Å²) in [6.45, 7) is 0. The van der Waals surface area contributed by atoms with Crippen LogP contribution in [0.25, 0.3) is 0 Å². The van der Waals surface area contributed by atoms with Crippen LogP contribution in [0.5, 0.6) is 0 Å². The monoisotopic (exact) mass is 250 g/mol. The van der Waals surface area contributed by atoms with Crippen LogP contribution in [0.1, 0.15) is 25.7 Å². The highest BCUT2D eigenvalue weighted by Gasteiger charge is 2.38. The molecule has 0 radical (unpaired) electrons. The van der Waals surface area contributed by atoms with Gasteiger partial charge in [-0.05, 0) is 12.8 Å². The second-order valence-corrected chi connectivity index (χ2v) is 3.39. The van der Waals surface area contributed by atoms with Crippen molar-refractivity contribution in [2.75, 3.05) is 0 Å². The van der Waals surface area contributed by atoms with E-state index in [1.54, 1.807) is 0 Å². The molecule has 0 bridgehead atoms. The molecular formula is C8H11F5O3. The Kier molecular flexibility index (Phi) is 5.11. The summed E-state index contributed by atoms with van der Waals surface area (Å²) in [6.07, 6.45) is -5.34. The highest BCUT2D eigenvalue weighted by molar-refractivity contribution is 5.73. The minimum absolute atomic E-state index is 0.145. The molecule has 1 rings (SSSR count). The van der Waals surface area contributed by atoms with Gasteiger partial charge in [0.15, 0.2) is 0 Å². The van der Waals surface area contributed by atoms with Crippen molar-refractivity contribution in [1.82, 2.24) is 0 Å². The van der Waals surface area contributed by atoms with Gasteiger partial charge in [0, 0.05) is 12.8 Å². The van der Waals surface area contributed by atoms with E-state index in [4.69, 9.17) is 15.0 Å². The molecule has 16 heavy (non-hydrogen) atoms. The Balaban J connectivity index is 0.000000293. The maximum atomic E-state index is 12.3. The Hall–Kier alpha value is -0.920. The van der Waals surface area contributed by atoms with E-state index in [0.29, 0.717) is 0 Å². The third kappa shape index (κ3) is 6.54. The normalized spacial score (nSPS) is 20.9. The number of hydrogen-bond acceptors (Lipinski definition) is 2. The molecular weight excluding hydrogens is 239 g/mol. The van der Waals surface area contributed by atoms with Crippen LogP contribution >= 0.6 is 0 Å². The van der Waals surface area contributed by atoms with Gasteiger partial charge in [0.1, 0.15) is 0 Å². The average molecular weight is 250 g/mol. The number of rotatable bonds is 0. The van der Waals surface area contributed by atoms with Crippen molar-refractivity contribution in [1.29, 1.82) is 0 Å². The number of halogens is 5. The fourth-order valence-corrected chi connectivity index (χ4v) is 1.02. The topological polar surface area (TPSA) is 57.5 Å². The van der Waals surface area contributed by atoms with Crippen LogP contribution in [-0.2, 0) is 4.79 Å². The van der Waals surface area contributed by atoms with Gasteiger partial charge in [0.2, 0.25) is 5.92 Å². The first kappa shape index (κ1) is 15.1. The Morgan fingerprint density at radius 2 is 1.50 bits per heavy atom. The smallest absolute Gasteiger partial charge is 0.475 e. The standard InChI is InChI=1S/C6H10F2O.C2HF3O2/c7-6(8)3-1-5(9)2-4-6;3-2(4,5)1(6)7/h5,9H,1-4H2;(H,6,7). The Morgan fingerprint density at radius 1 is 1.19 bits per heavy atom. The molecule has 0 aliphatic heterocycles. The lowest BCUT2D eigenvalue weighted by Crippen LogP contribution is -2.26. The number of hydrogen-bond donors (Lipinski definition) is 2.